The molecule has 1 aromatic carbocycles. The second-order valence-corrected chi connectivity index (χ2v) is 6.26. The topological polar surface area (TPSA) is 89.3 Å². The van der Waals surface area contributed by atoms with Crippen molar-refractivity contribution in [3.05, 3.63) is 35.9 Å². The SMILES string of the molecule is CC(NC(=O)CN1C(=O)COc2ccccc21)c1nnc2n1CCC2. The molecule has 2 amide bonds. The lowest BCUT2D eigenvalue weighted by atomic mass is 10.2. The van der Waals surface area contributed by atoms with Crippen molar-refractivity contribution in [1.82, 2.24) is 20.1 Å². The maximum absolute atomic E-state index is 12.5. The Morgan fingerprint density at radius 3 is 3.08 bits per heavy atom. The maximum atomic E-state index is 12.5. The lowest BCUT2D eigenvalue weighted by molar-refractivity contribution is -0.125. The number of ether oxygens (including phenoxy) is 1. The fraction of sp³-hybridized carbons (Fsp3) is 0.412. The van der Waals surface area contributed by atoms with Crippen LogP contribution in [0.3, 0.4) is 0 Å². The van der Waals surface area contributed by atoms with Gasteiger partial charge in [-0.2, -0.15) is 0 Å². The molecule has 2 aromatic rings. The zero-order chi connectivity index (χ0) is 17.4. The van der Waals surface area contributed by atoms with Gasteiger partial charge in [-0.3, -0.25) is 14.5 Å². The average molecular weight is 341 g/mol. The van der Waals surface area contributed by atoms with Crippen LogP contribution in [-0.4, -0.2) is 39.7 Å². The summed E-state index contributed by atoms with van der Waals surface area (Å²) in [5.41, 5.74) is 0.616. The number of rotatable bonds is 4. The molecule has 1 atom stereocenters. The van der Waals surface area contributed by atoms with Crippen LogP contribution in [-0.2, 0) is 22.6 Å². The van der Waals surface area contributed by atoms with Gasteiger partial charge in [0.25, 0.3) is 5.91 Å². The van der Waals surface area contributed by atoms with Gasteiger partial charge < -0.3 is 14.6 Å². The molecule has 4 rings (SSSR count). The van der Waals surface area contributed by atoms with Crippen molar-refractivity contribution in [2.75, 3.05) is 18.1 Å². The highest BCUT2D eigenvalue weighted by molar-refractivity contribution is 6.02. The maximum Gasteiger partial charge on any atom is 0.265 e. The van der Waals surface area contributed by atoms with Gasteiger partial charge in [-0.05, 0) is 25.5 Å². The minimum Gasteiger partial charge on any atom is -0.482 e. The van der Waals surface area contributed by atoms with Gasteiger partial charge in [0.15, 0.2) is 12.4 Å². The Hall–Kier alpha value is -2.90. The number of amides is 2. The second-order valence-electron chi connectivity index (χ2n) is 6.26. The van der Waals surface area contributed by atoms with Crippen molar-refractivity contribution in [3.63, 3.8) is 0 Å². The quantitative estimate of drug-likeness (QED) is 0.890. The Morgan fingerprint density at radius 2 is 2.20 bits per heavy atom. The van der Waals surface area contributed by atoms with E-state index < -0.39 is 0 Å². The fourth-order valence-corrected chi connectivity index (χ4v) is 3.32. The number of anilines is 1. The third-order valence-corrected chi connectivity index (χ3v) is 4.51. The van der Waals surface area contributed by atoms with Gasteiger partial charge in [0, 0.05) is 13.0 Å². The summed E-state index contributed by atoms with van der Waals surface area (Å²) in [7, 11) is 0. The lowest BCUT2D eigenvalue weighted by Gasteiger charge is -2.29. The Balaban J connectivity index is 1.46. The molecule has 1 unspecified atom stereocenters. The predicted octanol–water partition coefficient (Wildman–Crippen LogP) is 0.827. The van der Waals surface area contributed by atoms with E-state index in [9.17, 15) is 9.59 Å². The Morgan fingerprint density at radius 1 is 1.36 bits per heavy atom. The zero-order valence-corrected chi connectivity index (χ0v) is 13.9. The number of aryl methyl sites for hydroxylation is 1. The standard InChI is InChI=1S/C17H19N5O3/c1-11(17-20-19-14-7-4-8-21(14)17)18-15(23)9-22-12-5-2-3-6-13(12)25-10-16(22)24/h2-3,5-6,11H,4,7-10H2,1H3,(H,18,23). The Bertz CT molecular complexity index is 831. The van der Waals surface area contributed by atoms with Crippen LogP contribution in [0.4, 0.5) is 5.69 Å². The van der Waals surface area contributed by atoms with Crippen LogP contribution >= 0.6 is 0 Å². The highest BCUT2D eigenvalue weighted by Gasteiger charge is 2.28. The van der Waals surface area contributed by atoms with E-state index in [1.165, 1.54) is 4.90 Å². The number of hydrogen-bond donors (Lipinski definition) is 1. The van der Waals surface area contributed by atoms with Gasteiger partial charge in [-0.25, -0.2) is 0 Å². The summed E-state index contributed by atoms with van der Waals surface area (Å²) in [4.78, 5) is 26.1. The monoisotopic (exact) mass is 341 g/mol. The molecule has 0 spiro atoms. The number of fused-ring (bicyclic) bond motifs is 2. The fourth-order valence-electron chi connectivity index (χ4n) is 3.32. The molecule has 2 aliphatic heterocycles. The molecule has 1 N–H and O–H groups in total. The van der Waals surface area contributed by atoms with E-state index in [2.05, 4.69) is 20.1 Å². The van der Waals surface area contributed by atoms with Crippen LogP contribution in [0.15, 0.2) is 24.3 Å². The van der Waals surface area contributed by atoms with Crippen LogP contribution in [0, 0.1) is 0 Å². The molecule has 0 saturated heterocycles. The molecule has 8 nitrogen and oxygen atoms in total. The van der Waals surface area contributed by atoms with E-state index in [-0.39, 0.29) is 31.0 Å². The van der Waals surface area contributed by atoms with E-state index in [4.69, 9.17) is 4.74 Å². The van der Waals surface area contributed by atoms with Gasteiger partial charge in [0.05, 0.1) is 11.7 Å². The number of nitrogens with one attached hydrogen (secondary N) is 1. The van der Waals surface area contributed by atoms with Crippen molar-refractivity contribution < 1.29 is 14.3 Å². The normalized spacial score (nSPS) is 16.8. The molecule has 0 bridgehead atoms. The first-order chi connectivity index (χ1) is 12.1. The summed E-state index contributed by atoms with van der Waals surface area (Å²) in [5, 5.41) is 11.3. The molecular weight excluding hydrogens is 322 g/mol. The van der Waals surface area contributed by atoms with E-state index in [1.807, 2.05) is 19.1 Å². The number of benzene rings is 1. The Labute approximate surface area is 144 Å². The van der Waals surface area contributed by atoms with Gasteiger partial charge in [0.1, 0.15) is 18.1 Å². The number of carbonyl (C=O) groups is 2. The predicted molar refractivity (Wildman–Crippen MR) is 89.2 cm³/mol. The smallest absolute Gasteiger partial charge is 0.265 e. The minimum atomic E-state index is -0.266. The number of carbonyl (C=O) groups excluding carboxylic acids is 2. The molecule has 0 radical (unpaired) electrons. The van der Waals surface area contributed by atoms with Crippen molar-refractivity contribution in [3.8, 4) is 5.75 Å². The molecule has 1 aromatic heterocycles. The summed E-state index contributed by atoms with van der Waals surface area (Å²) in [6.45, 7) is 2.65. The van der Waals surface area contributed by atoms with Crippen LogP contribution in [0.2, 0.25) is 0 Å². The van der Waals surface area contributed by atoms with E-state index in [0.29, 0.717) is 11.4 Å². The lowest BCUT2D eigenvalue weighted by Crippen LogP contribution is -2.45. The molecule has 130 valence electrons. The molecule has 8 heteroatoms. The van der Waals surface area contributed by atoms with Gasteiger partial charge in [0.2, 0.25) is 5.91 Å². The summed E-state index contributed by atoms with van der Waals surface area (Å²) >= 11 is 0. The summed E-state index contributed by atoms with van der Waals surface area (Å²) in [6.07, 6.45) is 1.98. The zero-order valence-electron chi connectivity index (χ0n) is 13.9. The largest absolute Gasteiger partial charge is 0.482 e. The van der Waals surface area contributed by atoms with Crippen molar-refractivity contribution >= 4 is 17.5 Å². The summed E-state index contributed by atoms with van der Waals surface area (Å²) in [5.74, 6) is 1.86. The number of nitrogens with zero attached hydrogens (tertiary/aromatic N) is 4. The van der Waals surface area contributed by atoms with Crippen LogP contribution in [0.5, 0.6) is 5.75 Å². The highest BCUT2D eigenvalue weighted by Crippen LogP contribution is 2.31. The highest BCUT2D eigenvalue weighted by atomic mass is 16.5. The minimum absolute atomic E-state index is 0.0511. The third-order valence-electron chi connectivity index (χ3n) is 4.51. The van der Waals surface area contributed by atoms with E-state index in [1.54, 1.807) is 12.1 Å². The van der Waals surface area contributed by atoms with Crippen molar-refractivity contribution in [2.24, 2.45) is 0 Å². The number of hydrogen-bond acceptors (Lipinski definition) is 5. The Kier molecular flexibility index (Phi) is 3.87. The molecule has 0 fully saturated rings. The van der Waals surface area contributed by atoms with E-state index in [0.717, 1.165) is 31.0 Å². The number of aromatic nitrogens is 3. The molecule has 0 aliphatic carbocycles. The van der Waals surface area contributed by atoms with Crippen LogP contribution < -0.4 is 15.0 Å². The first-order valence-corrected chi connectivity index (χ1v) is 8.37. The van der Waals surface area contributed by atoms with Crippen LogP contribution in [0.25, 0.3) is 0 Å². The summed E-state index contributed by atoms with van der Waals surface area (Å²) in [6, 6.07) is 6.94. The molecule has 25 heavy (non-hydrogen) atoms. The van der Waals surface area contributed by atoms with Gasteiger partial charge in [-0.15, -0.1) is 10.2 Å². The molecule has 3 heterocycles. The molecule has 0 saturated carbocycles. The van der Waals surface area contributed by atoms with Crippen molar-refractivity contribution in [2.45, 2.75) is 32.4 Å². The second kappa shape index (κ2) is 6.19. The molecule has 2 aliphatic rings. The molecular formula is C17H19N5O3. The van der Waals surface area contributed by atoms with E-state index >= 15 is 0 Å². The van der Waals surface area contributed by atoms with Gasteiger partial charge >= 0.3 is 0 Å². The average Bonchev–Trinajstić information content (AvgIpc) is 3.20. The van der Waals surface area contributed by atoms with Crippen LogP contribution in [0.1, 0.15) is 31.0 Å². The first-order valence-electron chi connectivity index (χ1n) is 8.37. The summed E-state index contributed by atoms with van der Waals surface area (Å²) < 4.78 is 7.45. The number of para-hydroxylation sites is 2. The van der Waals surface area contributed by atoms with Crippen molar-refractivity contribution in [1.29, 1.82) is 0 Å². The first kappa shape index (κ1) is 15.6. The third kappa shape index (κ3) is 2.84. The van der Waals surface area contributed by atoms with Gasteiger partial charge in [-0.1, -0.05) is 12.1 Å².